The van der Waals surface area contributed by atoms with Gasteiger partial charge in [0, 0.05) is 29.0 Å². The van der Waals surface area contributed by atoms with E-state index in [1.54, 1.807) is 42.6 Å². The van der Waals surface area contributed by atoms with Crippen molar-refractivity contribution in [3.63, 3.8) is 0 Å². The molecule has 2 amide bonds. The molecular weight excluding hydrogens is 496 g/mol. The van der Waals surface area contributed by atoms with Gasteiger partial charge >= 0.3 is 6.03 Å². The largest absolute Gasteiger partial charge is 0.505 e. The number of aromatic nitrogens is 1. The molecule has 1 fully saturated rings. The highest BCUT2D eigenvalue weighted by molar-refractivity contribution is 9.09. The summed E-state index contributed by atoms with van der Waals surface area (Å²) in [7, 11) is 0. The van der Waals surface area contributed by atoms with Crippen LogP contribution >= 0.6 is 27.5 Å². The molecule has 7 nitrogen and oxygen atoms in total. The Morgan fingerprint density at radius 1 is 1.25 bits per heavy atom. The number of halogens is 2. The van der Waals surface area contributed by atoms with Gasteiger partial charge in [-0.1, -0.05) is 27.5 Å². The predicted octanol–water partition coefficient (Wildman–Crippen LogP) is 6.68. The third-order valence-electron chi connectivity index (χ3n) is 4.77. The molecule has 164 valence electrons. The quantitative estimate of drug-likeness (QED) is 0.199. The molecule has 2 aromatic carbocycles. The normalized spacial score (nSPS) is 12.8. The van der Waals surface area contributed by atoms with E-state index in [0.29, 0.717) is 51.2 Å². The van der Waals surface area contributed by atoms with Crippen LogP contribution in [0, 0.1) is 6.57 Å². The number of benzene rings is 2. The fraction of sp³-hybridized carbons (Fsp3) is 0.261. The van der Waals surface area contributed by atoms with Gasteiger partial charge in [0.15, 0.2) is 0 Å². The minimum atomic E-state index is -0.274. The van der Waals surface area contributed by atoms with E-state index in [1.807, 2.05) is 0 Å². The van der Waals surface area contributed by atoms with Crippen molar-refractivity contribution >= 4 is 55.8 Å². The number of amides is 2. The van der Waals surface area contributed by atoms with Gasteiger partial charge in [-0.2, -0.15) is 0 Å². The Morgan fingerprint density at radius 3 is 2.81 bits per heavy atom. The van der Waals surface area contributed by atoms with E-state index in [1.165, 1.54) is 0 Å². The molecule has 9 heteroatoms. The number of fused-ring (bicyclic) bond motifs is 1. The second-order valence-electron chi connectivity index (χ2n) is 7.27. The summed E-state index contributed by atoms with van der Waals surface area (Å²) in [6.07, 6.45) is 4.48. The lowest BCUT2D eigenvalue weighted by atomic mass is 10.1. The van der Waals surface area contributed by atoms with Gasteiger partial charge in [-0.05, 0) is 49.6 Å². The van der Waals surface area contributed by atoms with Crippen molar-refractivity contribution in [2.75, 3.05) is 17.3 Å². The van der Waals surface area contributed by atoms with Gasteiger partial charge in [-0.3, -0.25) is 4.98 Å². The van der Waals surface area contributed by atoms with E-state index in [0.717, 1.165) is 24.6 Å². The summed E-state index contributed by atoms with van der Waals surface area (Å²) in [5.41, 5.74) is 1.55. The van der Waals surface area contributed by atoms with Crippen LogP contribution in [0.4, 0.5) is 16.2 Å². The monoisotopic (exact) mass is 514 g/mol. The highest BCUT2D eigenvalue weighted by Gasteiger charge is 2.23. The molecule has 1 heterocycles. The number of pyridine rings is 1. The summed E-state index contributed by atoms with van der Waals surface area (Å²) >= 11 is 9.71. The first-order chi connectivity index (χ1) is 15.6. The summed E-state index contributed by atoms with van der Waals surface area (Å²) in [6.45, 7) is 8.01. The summed E-state index contributed by atoms with van der Waals surface area (Å²) in [4.78, 5) is 19.9. The molecule has 1 saturated carbocycles. The first-order valence-electron chi connectivity index (χ1n) is 10.1. The molecule has 0 unspecified atom stereocenters. The lowest BCUT2D eigenvalue weighted by Crippen LogP contribution is -2.30. The minimum absolute atomic E-state index is 0.256. The minimum Gasteiger partial charge on any atom is -0.505 e. The molecule has 0 saturated heterocycles. The number of carbonyl (C=O) groups is 1. The van der Waals surface area contributed by atoms with Gasteiger partial charge in [0.05, 0.1) is 29.4 Å². The van der Waals surface area contributed by atoms with Crippen LogP contribution in [0.2, 0.25) is 5.02 Å². The molecule has 1 aliphatic rings. The lowest BCUT2D eigenvalue weighted by Gasteiger charge is -2.13. The second kappa shape index (κ2) is 10.1. The van der Waals surface area contributed by atoms with E-state index >= 15 is 0 Å². The van der Waals surface area contributed by atoms with E-state index in [4.69, 9.17) is 27.6 Å². The Morgan fingerprint density at radius 2 is 2.09 bits per heavy atom. The molecule has 0 atom stereocenters. The van der Waals surface area contributed by atoms with Crippen molar-refractivity contribution in [1.29, 1.82) is 0 Å². The zero-order valence-corrected chi connectivity index (χ0v) is 19.4. The van der Waals surface area contributed by atoms with Gasteiger partial charge in [-0.15, -0.1) is 0 Å². The Kier molecular flexibility index (Phi) is 6.98. The van der Waals surface area contributed by atoms with Crippen molar-refractivity contribution in [3.05, 3.63) is 59.0 Å². The van der Waals surface area contributed by atoms with Crippen LogP contribution in [0.5, 0.6) is 17.2 Å². The van der Waals surface area contributed by atoms with Crippen LogP contribution < -0.4 is 20.1 Å². The SMILES string of the molecule is [C-]#[N+]c1cc2c(Oc3ccc(NC(=O)NC4CC4)c(Cl)c3)ccnc2cc1OCCCBr. The first-order valence-corrected chi connectivity index (χ1v) is 11.6. The fourth-order valence-electron chi connectivity index (χ4n) is 3.02. The van der Waals surface area contributed by atoms with E-state index in [-0.39, 0.29) is 12.1 Å². The highest BCUT2D eigenvalue weighted by atomic mass is 79.9. The van der Waals surface area contributed by atoms with Crippen LogP contribution in [0.3, 0.4) is 0 Å². The van der Waals surface area contributed by atoms with Crippen LogP contribution in [0.1, 0.15) is 19.3 Å². The molecule has 32 heavy (non-hydrogen) atoms. The predicted molar refractivity (Wildman–Crippen MR) is 129 cm³/mol. The zero-order valence-electron chi connectivity index (χ0n) is 17.0. The standard InChI is InChI=1S/C23H20BrClN4O3/c1-26-20-12-16-19(13-22(20)31-10-2-8-24)27-9-7-21(16)32-15-5-6-18(17(25)11-15)29-23(30)28-14-3-4-14/h5-7,9,11-14H,2-4,8,10H2,(H2,28,29,30). The third-order valence-corrected chi connectivity index (χ3v) is 5.64. The van der Waals surface area contributed by atoms with Crippen molar-refractivity contribution < 1.29 is 14.3 Å². The maximum Gasteiger partial charge on any atom is 0.319 e. The van der Waals surface area contributed by atoms with Crippen LogP contribution in [0.25, 0.3) is 15.7 Å². The molecule has 1 aromatic heterocycles. The summed E-state index contributed by atoms with van der Waals surface area (Å²) < 4.78 is 11.8. The summed E-state index contributed by atoms with van der Waals surface area (Å²) in [6, 6.07) is 10.2. The highest BCUT2D eigenvalue weighted by Crippen LogP contribution is 2.38. The Labute approximate surface area is 199 Å². The molecule has 0 spiro atoms. The maximum atomic E-state index is 12.0. The van der Waals surface area contributed by atoms with Gasteiger partial charge in [0.2, 0.25) is 5.69 Å². The summed E-state index contributed by atoms with van der Waals surface area (Å²) in [5, 5.41) is 7.47. The van der Waals surface area contributed by atoms with Gasteiger partial charge < -0.3 is 20.1 Å². The second-order valence-corrected chi connectivity index (χ2v) is 8.47. The van der Waals surface area contributed by atoms with Crippen molar-refractivity contribution in [1.82, 2.24) is 10.3 Å². The number of ether oxygens (including phenoxy) is 2. The number of nitrogens with zero attached hydrogens (tertiary/aromatic N) is 2. The molecule has 0 radical (unpaired) electrons. The molecule has 2 N–H and O–H groups in total. The van der Waals surface area contributed by atoms with Crippen LogP contribution in [0.15, 0.2) is 42.6 Å². The topological polar surface area (TPSA) is 76.8 Å². The molecule has 3 aromatic rings. The number of anilines is 1. The van der Waals surface area contributed by atoms with E-state index in [9.17, 15) is 4.79 Å². The van der Waals surface area contributed by atoms with E-state index < -0.39 is 0 Å². The maximum absolute atomic E-state index is 12.0. The molecule has 0 aliphatic heterocycles. The van der Waals surface area contributed by atoms with Crippen LogP contribution in [-0.4, -0.2) is 29.0 Å². The number of alkyl halides is 1. The molecule has 4 rings (SSSR count). The Hall–Kier alpha value is -3.02. The average molecular weight is 516 g/mol. The van der Waals surface area contributed by atoms with Gasteiger partial charge in [0.1, 0.15) is 17.2 Å². The molecular formula is C23H20BrClN4O3. The van der Waals surface area contributed by atoms with Crippen molar-refractivity contribution in [3.8, 4) is 17.2 Å². The average Bonchev–Trinajstić information content (AvgIpc) is 3.59. The summed E-state index contributed by atoms with van der Waals surface area (Å²) in [5.74, 6) is 1.54. The zero-order chi connectivity index (χ0) is 22.5. The molecule has 0 bridgehead atoms. The number of rotatable bonds is 8. The number of hydrogen-bond donors (Lipinski definition) is 2. The van der Waals surface area contributed by atoms with Gasteiger partial charge in [-0.25, -0.2) is 9.64 Å². The number of carbonyl (C=O) groups excluding carboxylic acids is 1. The van der Waals surface area contributed by atoms with Crippen molar-refractivity contribution in [2.24, 2.45) is 0 Å². The van der Waals surface area contributed by atoms with E-state index in [2.05, 4.69) is 36.4 Å². The third kappa shape index (κ3) is 5.42. The fourth-order valence-corrected chi connectivity index (χ4v) is 3.47. The van der Waals surface area contributed by atoms with Gasteiger partial charge in [0.25, 0.3) is 0 Å². The Balaban J connectivity index is 1.55. The number of urea groups is 1. The number of nitrogens with one attached hydrogen (secondary N) is 2. The first kappa shape index (κ1) is 22.2. The molecule has 1 aliphatic carbocycles. The Bertz CT molecular complexity index is 1190. The van der Waals surface area contributed by atoms with Crippen LogP contribution in [-0.2, 0) is 0 Å². The lowest BCUT2D eigenvalue weighted by molar-refractivity contribution is 0.251. The number of hydrogen-bond acceptors (Lipinski definition) is 4. The smallest absolute Gasteiger partial charge is 0.319 e. The van der Waals surface area contributed by atoms with Crippen molar-refractivity contribution in [2.45, 2.75) is 25.3 Å².